The van der Waals surface area contributed by atoms with Crippen LogP contribution >= 0.6 is 0 Å². The van der Waals surface area contributed by atoms with Crippen LogP contribution < -0.4 is 4.74 Å². The number of nitrogens with zero attached hydrogens (tertiary/aromatic N) is 1. The third kappa shape index (κ3) is 2.56. The van der Waals surface area contributed by atoms with Gasteiger partial charge >= 0.3 is 5.97 Å². The second-order valence-corrected chi connectivity index (χ2v) is 3.37. The van der Waals surface area contributed by atoms with Crippen LogP contribution in [-0.4, -0.2) is 19.7 Å². The molecule has 4 nitrogen and oxygen atoms in total. The summed E-state index contributed by atoms with van der Waals surface area (Å²) in [6.07, 6.45) is 0.677. The van der Waals surface area contributed by atoms with Crippen molar-refractivity contribution in [3.8, 4) is 11.8 Å². The van der Waals surface area contributed by atoms with Crippen LogP contribution in [0, 0.1) is 11.3 Å². The minimum absolute atomic E-state index is 0.294. The minimum Gasteiger partial charge on any atom is -0.494 e. The maximum Gasteiger partial charge on any atom is 0.342 e. The van der Waals surface area contributed by atoms with E-state index in [1.165, 1.54) is 7.11 Å². The molecule has 0 unspecified atom stereocenters. The number of esters is 1. The molecule has 17 heavy (non-hydrogen) atoms. The van der Waals surface area contributed by atoms with Crippen molar-refractivity contribution in [3.63, 3.8) is 0 Å². The molecule has 0 bridgehead atoms. The zero-order chi connectivity index (χ0) is 12.8. The average molecular weight is 233 g/mol. The van der Waals surface area contributed by atoms with E-state index in [1.807, 2.05) is 13.0 Å². The van der Waals surface area contributed by atoms with Crippen molar-refractivity contribution in [2.24, 2.45) is 0 Å². The van der Waals surface area contributed by atoms with E-state index in [4.69, 9.17) is 14.7 Å². The molecule has 0 aliphatic heterocycles. The number of rotatable bonds is 4. The molecule has 90 valence electrons. The summed E-state index contributed by atoms with van der Waals surface area (Å²) in [7, 11) is 1.44. The monoisotopic (exact) mass is 233 g/mol. The fraction of sp³-hybridized carbons (Fsp3) is 0.385. The van der Waals surface area contributed by atoms with E-state index in [0.717, 1.165) is 5.56 Å². The first kappa shape index (κ1) is 13.0. The average Bonchev–Trinajstić information content (AvgIpc) is 2.36. The third-order valence-corrected chi connectivity index (χ3v) is 2.43. The lowest BCUT2D eigenvalue weighted by Gasteiger charge is -2.13. The number of nitriles is 1. The van der Waals surface area contributed by atoms with Gasteiger partial charge in [0.25, 0.3) is 0 Å². The quantitative estimate of drug-likeness (QED) is 0.749. The summed E-state index contributed by atoms with van der Waals surface area (Å²) >= 11 is 0. The Balaban J connectivity index is 3.41. The molecule has 0 heterocycles. The van der Waals surface area contributed by atoms with Crippen molar-refractivity contribution in [2.45, 2.75) is 20.3 Å². The molecule has 1 aromatic rings. The second kappa shape index (κ2) is 5.90. The largest absolute Gasteiger partial charge is 0.494 e. The molecule has 0 radical (unpaired) electrons. The lowest BCUT2D eigenvalue weighted by molar-refractivity contribution is 0.0521. The van der Waals surface area contributed by atoms with Gasteiger partial charge in [0.05, 0.1) is 19.3 Å². The molecule has 0 saturated heterocycles. The SMILES string of the molecule is CCOC(=O)c1c(CC)ccc(C#N)c1OC. The van der Waals surface area contributed by atoms with Crippen molar-refractivity contribution >= 4 is 5.97 Å². The Bertz CT molecular complexity index is 460. The highest BCUT2D eigenvalue weighted by Crippen LogP contribution is 2.28. The molecule has 0 aliphatic carbocycles. The number of carbonyl (C=O) groups excluding carboxylic acids is 1. The zero-order valence-corrected chi connectivity index (χ0v) is 10.2. The van der Waals surface area contributed by atoms with Crippen molar-refractivity contribution in [1.29, 1.82) is 5.26 Å². The Hall–Kier alpha value is -2.02. The summed E-state index contributed by atoms with van der Waals surface area (Å²) in [5, 5.41) is 8.97. The predicted molar refractivity (Wildman–Crippen MR) is 63.0 cm³/mol. The van der Waals surface area contributed by atoms with Gasteiger partial charge in [0.2, 0.25) is 0 Å². The van der Waals surface area contributed by atoms with Gasteiger partial charge < -0.3 is 9.47 Å². The van der Waals surface area contributed by atoms with Gasteiger partial charge in [-0.2, -0.15) is 5.26 Å². The van der Waals surface area contributed by atoms with Crippen LogP contribution in [0.25, 0.3) is 0 Å². The summed E-state index contributed by atoms with van der Waals surface area (Å²) in [5.41, 5.74) is 1.52. The maximum absolute atomic E-state index is 11.9. The topological polar surface area (TPSA) is 59.3 Å². The number of methoxy groups -OCH3 is 1. The number of carbonyl (C=O) groups is 1. The van der Waals surface area contributed by atoms with Crippen LogP contribution in [0.4, 0.5) is 0 Å². The molecule has 0 saturated carbocycles. The van der Waals surface area contributed by atoms with Crippen LogP contribution in [0.15, 0.2) is 12.1 Å². The minimum atomic E-state index is -0.446. The number of hydrogen-bond donors (Lipinski definition) is 0. The van der Waals surface area contributed by atoms with Crippen molar-refractivity contribution in [2.75, 3.05) is 13.7 Å². The fourth-order valence-corrected chi connectivity index (χ4v) is 1.65. The van der Waals surface area contributed by atoms with E-state index in [9.17, 15) is 4.79 Å². The molecule has 0 amide bonds. The van der Waals surface area contributed by atoms with Gasteiger partial charge in [-0.25, -0.2) is 4.79 Å². The van der Waals surface area contributed by atoms with Gasteiger partial charge in [0.1, 0.15) is 11.6 Å². The van der Waals surface area contributed by atoms with Gasteiger partial charge in [0.15, 0.2) is 5.75 Å². The Labute approximate surface area is 101 Å². The summed E-state index contributed by atoms with van der Waals surface area (Å²) in [6.45, 7) is 3.97. The van der Waals surface area contributed by atoms with E-state index < -0.39 is 5.97 Å². The number of benzene rings is 1. The highest BCUT2D eigenvalue weighted by molar-refractivity contribution is 5.95. The summed E-state index contributed by atoms with van der Waals surface area (Å²) in [5.74, 6) is -0.149. The second-order valence-electron chi connectivity index (χ2n) is 3.37. The van der Waals surface area contributed by atoms with E-state index in [2.05, 4.69) is 0 Å². The van der Waals surface area contributed by atoms with Gasteiger partial charge in [-0.05, 0) is 25.0 Å². The molecular formula is C13H15NO3. The predicted octanol–water partition coefficient (Wildman–Crippen LogP) is 2.31. The van der Waals surface area contributed by atoms with Crippen molar-refractivity contribution in [3.05, 3.63) is 28.8 Å². The summed E-state index contributed by atoms with van der Waals surface area (Å²) < 4.78 is 10.1. The van der Waals surface area contributed by atoms with Crippen molar-refractivity contribution in [1.82, 2.24) is 0 Å². The zero-order valence-electron chi connectivity index (χ0n) is 10.2. The molecule has 0 aromatic heterocycles. The molecule has 0 N–H and O–H groups in total. The van der Waals surface area contributed by atoms with Crippen LogP contribution in [0.3, 0.4) is 0 Å². The van der Waals surface area contributed by atoms with E-state index in [0.29, 0.717) is 29.9 Å². The molecule has 0 spiro atoms. The van der Waals surface area contributed by atoms with E-state index in [-0.39, 0.29) is 0 Å². The first-order valence-electron chi connectivity index (χ1n) is 5.46. The highest BCUT2D eigenvalue weighted by atomic mass is 16.5. The molecule has 0 atom stereocenters. The summed E-state index contributed by atoms with van der Waals surface area (Å²) in [4.78, 5) is 11.9. The maximum atomic E-state index is 11.9. The van der Waals surface area contributed by atoms with Crippen LogP contribution in [0.5, 0.6) is 5.75 Å². The highest BCUT2D eigenvalue weighted by Gasteiger charge is 2.20. The van der Waals surface area contributed by atoms with E-state index in [1.54, 1.807) is 19.1 Å². The lowest BCUT2D eigenvalue weighted by Crippen LogP contribution is -2.11. The summed E-state index contributed by atoms with van der Waals surface area (Å²) in [6, 6.07) is 5.41. The van der Waals surface area contributed by atoms with Gasteiger partial charge in [-0.1, -0.05) is 13.0 Å². The van der Waals surface area contributed by atoms with Crippen LogP contribution in [0.1, 0.15) is 35.3 Å². The fourth-order valence-electron chi connectivity index (χ4n) is 1.65. The van der Waals surface area contributed by atoms with Gasteiger partial charge in [-0.15, -0.1) is 0 Å². The Morgan fingerprint density at radius 2 is 2.12 bits per heavy atom. The van der Waals surface area contributed by atoms with Gasteiger partial charge in [-0.3, -0.25) is 0 Å². The van der Waals surface area contributed by atoms with Crippen LogP contribution in [0.2, 0.25) is 0 Å². The number of aryl methyl sites for hydroxylation is 1. The molecule has 1 aromatic carbocycles. The molecule has 0 aliphatic rings. The first-order chi connectivity index (χ1) is 8.19. The molecule has 1 rings (SSSR count). The van der Waals surface area contributed by atoms with Crippen LogP contribution in [-0.2, 0) is 11.2 Å². The Morgan fingerprint density at radius 3 is 2.59 bits per heavy atom. The van der Waals surface area contributed by atoms with E-state index >= 15 is 0 Å². The first-order valence-corrected chi connectivity index (χ1v) is 5.46. The van der Waals surface area contributed by atoms with Gasteiger partial charge in [0, 0.05) is 0 Å². The Morgan fingerprint density at radius 1 is 1.41 bits per heavy atom. The molecule has 0 fully saturated rings. The van der Waals surface area contributed by atoms with Crippen molar-refractivity contribution < 1.29 is 14.3 Å². The standard InChI is InChI=1S/C13H15NO3/c1-4-9-6-7-10(8-14)12(16-3)11(9)13(15)17-5-2/h6-7H,4-5H2,1-3H3. The molecular weight excluding hydrogens is 218 g/mol. The smallest absolute Gasteiger partial charge is 0.342 e. The molecule has 4 heteroatoms. The third-order valence-electron chi connectivity index (χ3n) is 2.43. The number of hydrogen-bond acceptors (Lipinski definition) is 4. The number of ether oxygens (including phenoxy) is 2. The normalized spacial score (nSPS) is 9.53. The Kier molecular flexibility index (Phi) is 4.53. The lowest BCUT2D eigenvalue weighted by atomic mass is 10.0.